The molecule has 2 saturated carbocycles. The van der Waals surface area contributed by atoms with Crippen molar-refractivity contribution in [3.8, 4) is 5.75 Å². The van der Waals surface area contributed by atoms with Crippen molar-refractivity contribution >= 4 is 44.8 Å². The zero-order valence-corrected chi connectivity index (χ0v) is 21.4. The second-order valence-corrected chi connectivity index (χ2v) is 12.5. The third-order valence-electron chi connectivity index (χ3n) is 6.97. The standard InChI is InChI=1S/C25H27Cl2FN2O4S/c26-16-9-17(27)11-18(10-16)30-8-2-3-19(14-30)34-24-13-23(28)22(12-21(24)15-6-7-15)25(31)29-35(32,33)20-4-1-5-20/h9-13,15,19-20H,1-8,14H2,(H,29,31)/t19-/m1/s1. The molecule has 0 bridgehead atoms. The molecule has 0 aromatic heterocycles. The lowest BCUT2D eigenvalue weighted by Gasteiger charge is -2.35. The summed E-state index contributed by atoms with van der Waals surface area (Å²) < 4.78 is 48.1. The lowest BCUT2D eigenvalue weighted by molar-refractivity contribution is 0.0976. The molecule has 6 nitrogen and oxygen atoms in total. The highest BCUT2D eigenvalue weighted by molar-refractivity contribution is 7.90. The van der Waals surface area contributed by atoms with Crippen LogP contribution in [0, 0.1) is 5.82 Å². The van der Waals surface area contributed by atoms with Crippen LogP contribution in [0.15, 0.2) is 30.3 Å². The fraction of sp³-hybridized carbons (Fsp3) is 0.480. The molecule has 0 radical (unpaired) electrons. The Morgan fingerprint density at radius 2 is 1.71 bits per heavy atom. The van der Waals surface area contributed by atoms with Gasteiger partial charge in [0.1, 0.15) is 17.7 Å². The number of benzene rings is 2. The van der Waals surface area contributed by atoms with Gasteiger partial charge in [0.15, 0.2) is 0 Å². The molecule has 3 aliphatic rings. The Morgan fingerprint density at radius 1 is 1.00 bits per heavy atom. The third kappa shape index (κ3) is 5.54. The highest BCUT2D eigenvalue weighted by Gasteiger charge is 2.35. The fourth-order valence-corrected chi connectivity index (χ4v) is 6.68. The van der Waals surface area contributed by atoms with Gasteiger partial charge in [0, 0.05) is 28.3 Å². The lowest BCUT2D eigenvalue weighted by atomic mass is 10.0. The van der Waals surface area contributed by atoms with Crippen LogP contribution in [0.3, 0.4) is 0 Å². The Bertz CT molecular complexity index is 1230. The van der Waals surface area contributed by atoms with Gasteiger partial charge in [-0.3, -0.25) is 4.79 Å². The predicted octanol–water partition coefficient (Wildman–Crippen LogP) is 5.67. The van der Waals surface area contributed by atoms with E-state index in [0.29, 0.717) is 35.2 Å². The number of nitrogens with zero attached hydrogens (tertiary/aromatic N) is 1. The molecule has 10 heteroatoms. The first-order valence-electron chi connectivity index (χ1n) is 12.0. The molecule has 1 heterocycles. The van der Waals surface area contributed by atoms with Crippen LogP contribution in [-0.2, 0) is 10.0 Å². The molecule has 2 aliphatic carbocycles. The molecular weight excluding hydrogens is 514 g/mol. The van der Waals surface area contributed by atoms with Crippen LogP contribution < -0.4 is 14.4 Å². The third-order valence-corrected chi connectivity index (χ3v) is 9.23. The van der Waals surface area contributed by atoms with Gasteiger partial charge >= 0.3 is 0 Å². The maximum absolute atomic E-state index is 15.0. The summed E-state index contributed by atoms with van der Waals surface area (Å²) in [6.45, 7) is 1.42. The molecule has 1 N–H and O–H groups in total. The fourth-order valence-electron chi connectivity index (χ4n) is 4.68. The van der Waals surface area contributed by atoms with E-state index in [1.165, 1.54) is 12.1 Å². The highest BCUT2D eigenvalue weighted by atomic mass is 35.5. The highest BCUT2D eigenvalue weighted by Crippen LogP contribution is 2.45. The van der Waals surface area contributed by atoms with Crippen molar-refractivity contribution in [1.82, 2.24) is 4.72 Å². The summed E-state index contributed by atoms with van der Waals surface area (Å²) in [6.07, 6.45) is 5.19. The largest absolute Gasteiger partial charge is 0.488 e. The molecular formula is C25H27Cl2FN2O4S. The second-order valence-electron chi connectivity index (χ2n) is 9.63. The van der Waals surface area contributed by atoms with Gasteiger partial charge in [0.05, 0.1) is 17.4 Å². The number of ether oxygens (including phenoxy) is 1. The van der Waals surface area contributed by atoms with Crippen molar-refractivity contribution in [1.29, 1.82) is 0 Å². The van der Waals surface area contributed by atoms with E-state index >= 15 is 4.39 Å². The summed E-state index contributed by atoms with van der Waals surface area (Å²) in [5.41, 5.74) is 1.39. The van der Waals surface area contributed by atoms with Gasteiger partial charge in [-0.2, -0.15) is 0 Å². The van der Waals surface area contributed by atoms with Crippen LogP contribution in [0.1, 0.15) is 66.8 Å². The summed E-state index contributed by atoms with van der Waals surface area (Å²) in [5.74, 6) is -1.13. The van der Waals surface area contributed by atoms with Gasteiger partial charge in [0.25, 0.3) is 5.91 Å². The lowest BCUT2D eigenvalue weighted by Crippen LogP contribution is -2.42. The average molecular weight is 541 g/mol. The number of carbonyl (C=O) groups is 1. The number of hydrogen-bond acceptors (Lipinski definition) is 5. The number of piperidine rings is 1. The van der Waals surface area contributed by atoms with Crippen molar-refractivity contribution < 1.29 is 22.3 Å². The first-order chi connectivity index (χ1) is 16.7. The van der Waals surface area contributed by atoms with Crippen LogP contribution in [0.5, 0.6) is 5.75 Å². The van der Waals surface area contributed by atoms with Gasteiger partial charge in [-0.1, -0.05) is 29.6 Å². The zero-order valence-electron chi connectivity index (χ0n) is 19.1. The Morgan fingerprint density at radius 3 is 2.34 bits per heavy atom. The summed E-state index contributed by atoms with van der Waals surface area (Å²) in [7, 11) is -3.80. The van der Waals surface area contributed by atoms with Crippen LogP contribution in [0.25, 0.3) is 0 Å². The molecule has 5 rings (SSSR count). The van der Waals surface area contributed by atoms with Crippen LogP contribution >= 0.6 is 23.2 Å². The van der Waals surface area contributed by atoms with Gasteiger partial charge in [-0.05, 0) is 74.3 Å². The number of halogens is 3. The summed E-state index contributed by atoms with van der Waals surface area (Å²) in [5, 5.41) is 0.535. The summed E-state index contributed by atoms with van der Waals surface area (Å²) in [4.78, 5) is 14.8. The molecule has 2 aromatic rings. The van der Waals surface area contributed by atoms with E-state index in [2.05, 4.69) is 9.62 Å². The molecule has 1 amide bonds. The second kappa shape index (κ2) is 9.79. The maximum Gasteiger partial charge on any atom is 0.267 e. The van der Waals surface area contributed by atoms with E-state index in [-0.39, 0.29) is 17.6 Å². The molecule has 0 unspecified atom stereocenters. The normalized spacial score (nSPS) is 20.9. The quantitative estimate of drug-likeness (QED) is 0.489. The number of nitrogens with one attached hydrogen (secondary N) is 1. The van der Waals surface area contributed by atoms with Crippen LogP contribution in [-0.4, -0.2) is 38.8 Å². The SMILES string of the molecule is O=C(NS(=O)(=O)C1CCC1)c1cc(C2CC2)c(O[C@@H]2CCCN(c3cc(Cl)cc(Cl)c3)C2)cc1F. The van der Waals surface area contributed by atoms with Gasteiger partial charge in [-0.15, -0.1) is 0 Å². The molecule has 1 saturated heterocycles. The predicted molar refractivity (Wildman–Crippen MR) is 135 cm³/mol. The van der Waals surface area contributed by atoms with Gasteiger partial charge in [-0.25, -0.2) is 17.5 Å². The number of sulfonamides is 1. The van der Waals surface area contributed by atoms with E-state index in [0.717, 1.165) is 49.9 Å². The van der Waals surface area contributed by atoms with Gasteiger partial charge in [0.2, 0.25) is 10.0 Å². The van der Waals surface area contributed by atoms with Crippen molar-refractivity contribution in [3.63, 3.8) is 0 Å². The van der Waals surface area contributed by atoms with Crippen LogP contribution in [0.2, 0.25) is 10.0 Å². The molecule has 35 heavy (non-hydrogen) atoms. The van der Waals surface area contributed by atoms with E-state index in [1.807, 2.05) is 12.1 Å². The van der Waals surface area contributed by atoms with E-state index in [4.69, 9.17) is 27.9 Å². The van der Waals surface area contributed by atoms with Crippen molar-refractivity contribution in [2.24, 2.45) is 0 Å². The Balaban J connectivity index is 1.34. The minimum Gasteiger partial charge on any atom is -0.488 e. The Kier molecular flexibility index (Phi) is 6.90. The van der Waals surface area contributed by atoms with E-state index in [1.54, 1.807) is 6.07 Å². The monoisotopic (exact) mass is 540 g/mol. The van der Waals surface area contributed by atoms with Crippen molar-refractivity contribution in [2.75, 3.05) is 18.0 Å². The molecule has 2 aromatic carbocycles. The van der Waals surface area contributed by atoms with Gasteiger partial charge < -0.3 is 9.64 Å². The topological polar surface area (TPSA) is 75.7 Å². The molecule has 0 spiro atoms. The minimum atomic E-state index is -3.80. The first-order valence-corrected chi connectivity index (χ1v) is 14.3. The number of rotatable bonds is 7. The number of carbonyl (C=O) groups excluding carboxylic acids is 1. The number of hydrogen-bond donors (Lipinski definition) is 1. The molecule has 1 aliphatic heterocycles. The first kappa shape index (κ1) is 24.7. The minimum absolute atomic E-state index is 0.173. The molecule has 188 valence electrons. The number of amides is 1. The van der Waals surface area contributed by atoms with Crippen molar-refractivity contribution in [2.45, 2.75) is 62.2 Å². The smallest absolute Gasteiger partial charge is 0.267 e. The zero-order chi connectivity index (χ0) is 24.7. The number of anilines is 1. The van der Waals surface area contributed by atoms with E-state index in [9.17, 15) is 13.2 Å². The maximum atomic E-state index is 15.0. The average Bonchev–Trinajstić information content (AvgIpc) is 3.56. The van der Waals surface area contributed by atoms with Crippen LogP contribution in [0.4, 0.5) is 10.1 Å². The van der Waals surface area contributed by atoms with Crippen molar-refractivity contribution in [3.05, 3.63) is 57.3 Å². The Labute approximate surface area is 214 Å². The summed E-state index contributed by atoms with van der Waals surface area (Å²) in [6, 6.07) is 8.09. The van der Waals surface area contributed by atoms with E-state index < -0.39 is 27.0 Å². The molecule has 1 atom stereocenters. The summed E-state index contributed by atoms with van der Waals surface area (Å²) >= 11 is 12.3. The molecule has 3 fully saturated rings. The Hall–Kier alpha value is -2.03.